The van der Waals surface area contributed by atoms with Crippen LogP contribution in [-0.2, 0) is 6.42 Å². The molecule has 1 unspecified atom stereocenters. The molecule has 0 amide bonds. The molecule has 3 rings (SSSR count). The Morgan fingerprint density at radius 2 is 2.15 bits per heavy atom. The molecule has 0 bridgehead atoms. The maximum atomic E-state index is 12.6. The SMILES string of the molecule is COc1cccnc1C(=O)C1COc2ccccc2C1. The predicted molar refractivity (Wildman–Crippen MR) is 74.3 cm³/mol. The van der Waals surface area contributed by atoms with Gasteiger partial charge in [0.2, 0.25) is 0 Å². The lowest BCUT2D eigenvalue weighted by Gasteiger charge is -2.24. The van der Waals surface area contributed by atoms with Crippen LogP contribution in [0.5, 0.6) is 11.5 Å². The third-order valence-electron chi connectivity index (χ3n) is 3.47. The van der Waals surface area contributed by atoms with E-state index in [9.17, 15) is 4.79 Å². The number of carbonyl (C=O) groups is 1. The topological polar surface area (TPSA) is 48.4 Å². The first kappa shape index (κ1) is 12.7. The Labute approximate surface area is 117 Å². The van der Waals surface area contributed by atoms with Gasteiger partial charge in [0, 0.05) is 6.20 Å². The van der Waals surface area contributed by atoms with Crippen LogP contribution in [0.1, 0.15) is 16.1 Å². The van der Waals surface area contributed by atoms with E-state index in [1.807, 2.05) is 24.3 Å². The standard InChI is InChI=1S/C16H15NO3/c1-19-14-7-4-8-17-15(14)16(18)12-9-11-5-2-3-6-13(11)20-10-12/h2-8,12H,9-10H2,1H3. The molecule has 1 atom stereocenters. The Hall–Kier alpha value is -2.36. The second-order valence-corrected chi connectivity index (χ2v) is 4.74. The van der Waals surface area contributed by atoms with Crippen molar-refractivity contribution >= 4 is 5.78 Å². The molecule has 0 fully saturated rings. The van der Waals surface area contributed by atoms with E-state index in [0.717, 1.165) is 11.3 Å². The smallest absolute Gasteiger partial charge is 0.191 e. The van der Waals surface area contributed by atoms with Gasteiger partial charge in [-0.15, -0.1) is 0 Å². The summed E-state index contributed by atoms with van der Waals surface area (Å²) in [5.74, 6) is 1.13. The maximum absolute atomic E-state index is 12.6. The molecule has 1 aliphatic heterocycles. The summed E-state index contributed by atoms with van der Waals surface area (Å²) in [6, 6.07) is 11.3. The minimum atomic E-state index is -0.214. The van der Waals surface area contributed by atoms with Crippen LogP contribution in [0.3, 0.4) is 0 Å². The zero-order valence-electron chi connectivity index (χ0n) is 11.2. The number of aromatic nitrogens is 1. The van der Waals surface area contributed by atoms with Crippen molar-refractivity contribution in [1.29, 1.82) is 0 Å². The Balaban J connectivity index is 1.86. The van der Waals surface area contributed by atoms with E-state index in [1.165, 1.54) is 0 Å². The number of para-hydroxylation sites is 1. The van der Waals surface area contributed by atoms with Crippen LogP contribution in [0.15, 0.2) is 42.6 Å². The van der Waals surface area contributed by atoms with Crippen LogP contribution in [-0.4, -0.2) is 24.5 Å². The number of ether oxygens (including phenoxy) is 2. The Morgan fingerprint density at radius 3 is 3.00 bits per heavy atom. The molecule has 20 heavy (non-hydrogen) atoms. The first-order chi connectivity index (χ1) is 9.79. The number of nitrogens with zero attached hydrogens (tertiary/aromatic N) is 1. The lowest BCUT2D eigenvalue weighted by molar-refractivity contribution is 0.0846. The van der Waals surface area contributed by atoms with E-state index in [1.54, 1.807) is 25.4 Å². The highest BCUT2D eigenvalue weighted by Gasteiger charge is 2.29. The van der Waals surface area contributed by atoms with Crippen molar-refractivity contribution in [3.63, 3.8) is 0 Å². The zero-order valence-corrected chi connectivity index (χ0v) is 11.2. The number of benzene rings is 1. The molecule has 1 aliphatic rings. The van der Waals surface area contributed by atoms with Crippen molar-refractivity contribution < 1.29 is 14.3 Å². The molecule has 1 aromatic heterocycles. The van der Waals surface area contributed by atoms with Crippen LogP contribution in [0.2, 0.25) is 0 Å². The number of ketones is 1. The number of hydrogen-bond donors (Lipinski definition) is 0. The third-order valence-corrected chi connectivity index (χ3v) is 3.47. The molecule has 0 radical (unpaired) electrons. The van der Waals surface area contributed by atoms with Gasteiger partial charge in [-0.1, -0.05) is 18.2 Å². The van der Waals surface area contributed by atoms with Gasteiger partial charge < -0.3 is 9.47 Å². The Kier molecular flexibility index (Phi) is 3.37. The molecule has 0 aliphatic carbocycles. The summed E-state index contributed by atoms with van der Waals surface area (Å²) >= 11 is 0. The average Bonchev–Trinajstić information content (AvgIpc) is 2.53. The number of carbonyl (C=O) groups excluding carboxylic acids is 1. The van der Waals surface area contributed by atoms with Crippen LogP contribution < -0.4 is 9.47 Å². The average molecular weight is 269 g/mol. The highest BCUT2D eigenvalue weighted by Crippen LogP contribution is 2.29. The van der Waals surface area contributed by atoms with Crippen LogP contribution in [0.25, 0.3) is 0 Å². The van der Waals surface area contributed by atoms with Crippen molar-refractivity contribution in [3.8, 4) is 11.5 Å². The minimum absolute atomic E-state index is 0.0306. The summed E-state index contributed by atoms with van der Waals surface area (Å²) in [4.78, 5) is 16.7. The van der Waals surface area contributed by atoms with Gasteiger partial charge in [-0.25, -0.2) is 4.98 Å². The van der Waals surface area contributed by atoms with Crippen molar-refractivity contribution in [1.82, 2.24) is 4.98 Å². The van der Waals surface area contributed by atoms with Gasteiger partial charge in [-0.3, -0.25) is 4.79 Å². The summed E-state index contributed by atoms with van der Waals surface area (Å²) in [6.45, 7) is 0.384. The Bertz CT molecular complexity index is 639. The number of hydrogen-bond acceptors (Lipinski definition) is 4. The predicted octanol–water partition coefficient (Wildman–Crippen LogP) is 2.52. The summed E-state index contributed by atoms with van der Waals surface area (Å²) in [5, 5.41) is 0. The number of Topliss-reactive ketones (excluding diaryl/α,β-unsaturated/α-hetero) is 1. The fourth-order valence-corrected chi connectivity index (χ4v) is 2.43. The van der Waals surface area contributed by atoms with Gasteiger partial charge in [0.25, 0.3) is 0 Å². The van der Waals surface area contributed by atoms with Crippen molar-refractivity contribution in [3.05, 3.63) is 53.9 Å². The van der Waals surface area contributed by atoms with Crippen LogP contribution >= 0.6 is 0 Å². The van der Waals surface area contributed by atoms with Crippen LogP contribution in [0, 0.1) is 5.92 Å². The van der Waals surface area contributed by atoms with Crippen molar-refractivity contribution in [2.45, 2.75) is 6.42 Å². The molecule has 4 heteroatoms. The van der Waals surface area contributed by atoms with E-state index in [0.29, 0.717) is 24.5 Å². The number of fused-ring (bicyclic) bond motifs is 1. The highest BCUT2D eigenvalue weighted by atomic mass is 16.5. The van der Waals surface area contributed by atoms with E-state index >= 15 is 0 Å². The molecule has 102 valence electrons. The molecule has 4 nitrogen and oxygen atoms in total. The number of pyridine rings is 1. The summed E-state index contributed by atoms with van der Waals surface area (Å²) in [7, 11) is 1.54. The van der Waals surface area contributed by atoms with Gasteiger partial charge in [0.15, 0.2) is 5.78 Å². The van der Waals surface area contributed by atoms with Gasteiger partial charge in [0.05, 0.1) is 19.6 Å². The summed E-state index contributed by atoms with van der Waals surface area (Å²) in [6.07, 6.45) is 2.28. The molecule has 1 aromatic carbocycles. The molecular formula is C16H15NO3. The maximum Gasteiger partial charge on any atom is 0.191 e. The van der Waals surface area contributed by atoms with Gasteiger partial charge in [-0.05, 0) is 30.2 Å². The van der Waals surface area contributed by atoms with Gasteiger partial charge in [0.1, 0.15) is 17.2 Å². The van der Waals surface area contributed by atoms with Gasteiger partial charge in [-0.2, -0.15) is 0 Å². The quantitative estimate of drug-likeness (QED) is 0.803. The monoisotopic (exact) mass is 269 g/mol. The number of rotatable bonds is 3. The zero-order chi connectivity index (χ0) is 13.9. The molecule has 0 saturated heterocycles. The second-order valence-electron chi connectivity index (χ2n) is 4.74. The third kappa shape index (κ3) is 2.25. The molecular weight excluding hydrogens is 254 g/mol. The molecule has 2 heterocycles. The van der Waals surface area contributed by atoms with Crippen LogP contribution in [0.4, 0.5) is 0 Å². The largest absolute Gasteiger partial charge is 0.494 e. The van der Waals surface area contributed by atoms with E-state index in [-0.39, 0.29) is 11.7 Å². The second kappa shape index (κ2) is 5.33. The fraction of sp³-hybridized carbons (Fsp3) is 0.250. The molecule has 2 aromatic rings. The summed E-state index contributed by atoms with van der Waals surface area (Å²) in [5.41, 5.74) is 1.44. The molecule has 0 N–H and O–H groups in total. The van der Waals surface area contributed by atoms with Crippen molar-refractivity contribution in [2.75, 3.05) is 13.7 Å². The number of methoxy groups -OCH3 is 1. The first-order valence-corrected chi connectivity index (χ1v) is 6.53. The lowest BCUT2D eigenvalue weighted by Crippen LogP contribution is -2.29. The van der Waals surface area contributed by atoms with E-state index in [2.05, 4.69) is 4.98 Å². The minimum Gasteiger partial charge on any atom is -0.494 e. The summed E-state index contributed by atoms with van der Waals surface area (Å²) < 4.78 is 10.9. The molecule has 0 spiro atoms. The highest BCUT2D eigenvalue weighted by molar-refractivity contribution is 5.98. The van der Waals surface area contributed by atoms with Crippen molar-refractivity contribution in [2.24, 2.45) is 5.92 Å². The lowest BCUT2D eigenvalue weighted by atomic mass is 9.91. The van der Waals surface area contributed by atoms with E-state index in [4.69, 9.17) is 9.47 Å². The normalized spacial score (nSPS) is 16.9. The van der Waals surface area contributed by atoms with E-state index < -0.39 is 0 Å². The Morgan fingerprint density at radius 1 is 1.30 bits per heavy atom. The molecule has 0 saturated carbocycles. The first-order valence-electron chi connectivity index (χ1n) is 6.53. The van der Waals surface area contributed by atoms with Gasteiger partial charge >= 0.3 is 0 Å². The fourth-order valence-electron chi connectivity index (χ4n) is 2.43.